The van der Waals surface area contributed by atoms with Crippen molar-refractivity contribution in [3.63, 3.8) is 0 Å². The summed E-state index contributed by atoms with van der Waals surface area (Å²) in [6, 6.07) is 2.00. The van der Waals surface area contributed by atoms with Crippen LogP contribution in [-0.2, 0) is 4.74 Å². The van der Waals surface area contributed by atoms with E-state index in [1.165, 1.54) is 0 Å². The van der Waals surface area contributed by atoms with Crippen molar-refractivity contribution in [3.8, 4) is 5.75 Å². The van der Waals surface area contributed by atoms with E-state index in [1.54, 1.807) is 7.11 Å². The molecule has 1 aromatic heterocycles. The number of rotatable bonds is 9. The third kappa shape index (κ3) is 5.78. The molecule has 1 aromatic rings. The number of hydrogen-bond donors (Lipinski definition) is 1. The quantitative estimate of drug-likeness (QED) is 0.701. The number of ether oxygens (including phenoxy) is 2. The maximum atomic E-state index is 5.89. The second-order valence-electron chi connectivity index (χ2n) is 5.73. The van der Waals surface area contributed by atoms with E-state index in [0.717, 1.165) is 36.7 Å². The summed E-state index contributed by atoms with van der Waals surface area (Å²) in [4.78, 5) is 4.46. The molecule has 0 spiro atoms. The van der Waals surface area contributed by atoms with Gasteiger partial charge < -0.3 is 14.8 Å². The molecule has 0 fully saturated rings. The van der Waals surface area contributed by atoms with E-state index in [-0.39, 0.29) is 0 Å². The molecule has 0 amide bonds. The number of pyridine rings is 1. The van der Waals surface area contributed by atoms with Crippen LogP contribution in [0.25, 0.3) is 0 Å². The number of anilines is 1. The first-order valence-corrected chi connectivity index (χ1v) is 7.40. The molecule has 4 nitrogen and oxygen atoms in total. The normalized spacial score (nSPS) is 11.2. The highest BCUT2D eigenvalue weighted by Gasteiger charge is 2.10. The van der Waals surface area contributed by atoms with Crippen molar-refractivity contribution in [1.29, 1.82) is 0 Å². The highest BCUT2D eigenvalue weighted by atomic mass is 16.5. The van der Waals surface area contributed by atoms with Crippen molar-refractivity contribution in [3.05, 3.63) is 17.8 Å². The first-order chi connectivity index (χ1) is 9.54. The molecule has 0 aliphatic heterocycles. The van der Waals surface area contributed by atoms with Gasteiger partial charge in [0.05, 0.1) is 6.61 Å². The first-order valence-electron chi connectivity index (χ1n) is 7.40. The fraction of sp³-hybridized carbons (Fsp3) is 0.688. The number of methoxy groups -OCH3 is 1. The number of aromatic nitrogens is 1. The molecule has 0 unspecified atom stereocenters. The van der Waals surface area contributed by atoms with Crippen LogP contribution in [0.2, 0.25) is 0 Å². The van der Waals surface area contributed by atoms with Crippen LogP contribution in [0.3, 0.4) is 0 Å². The standard InChI is InChI=1S/C16H28N2O2/c1-12(2)10-17-16-9-15(20-8-6-7-19-5)14(11-18-16)13(3)4/h9,11-13H,6-8,10H2,1-5H3,(H,17,18). The van der Waals surface area contributed by atoms with E-state index in [4.69, 9.17) is 9.47 Å². The lowest BCUT2D eigenvalue weighted by Gasteiger charge is -2.16. The molecule has 1 N–H and O–H groups in total. The topological polar surface area (TPSA) is 43.4 Å². The molecule has 0 saturated heterocycles. The van der Waals surface area contributed by atoms with Crippen LogP contribution >= 0.6 is 0 Å². The average Bonchev–Trinajstić information content (AvgIpc) is 2.41. The lowest BCUT2D eigenvalue weighted by atomic mass is 10.0. The van der Waals surface area contributed by atoms with Crippen LogP contribution in [0, 0.1) is 5.92 Å². The molecule has 4 heteroatoms. The summed E-state index contributed by atoms with van der Waals surface area (Å²) in [7, 11) is 1.71. The average molecular weight is 280 g/mol. The molecule has 0 aliphatic carbocycles. The van der Waals surface area contributed by atoms with Crippen LogP contribution in [0.15, 0.2) is 12.3 Å². The largest absolute Gasteiger partial charge is 0.493 e. The predicted octanol–water partition coefficient (Wildman–Crippen LogP) is 3.69. The molecule has 0 bridgehead atoms. The number of nitrogens with zero attached hydrogens (tertiary/aromatic N) is 1. The van der Waals surface area contributed by atoms with Gasteiger partial charge in [-0.3, -0.25) is 0 Å². The Hall–Kier alpha value is -1.29. The van der Waals surface area contributed by atoms with Crippen LogP contribution in [-0.4, -0.2) is 31.9 Å². The van der Waals surface area contributed by atoms with Crippen LogP contribution in [0.4, 0.5) is 5.82 Å². The van der Waals surface area contributed by atoms with E-state index >= 15 is 0 Å². The van der Waals surface area contributed by atoms with E-state index in [9.17, 15) is 0 Å². The molecule has 0 aliphatic rings. The van der Waals surface area contributed by atoms with Crippen molar-refractivity contribution < 1.29 is 9.47 Å². The van der Waals surface area contributed by atoms with Gasteiger partial charge in [0.1, 0.15) is 11.6 Å². The lowest BCUT2D eigenvalue weighted by molar-refractivity contribution is 0.171. The zero-order chi connectivity index (χ0) is 15.0. The van der Waals surface area contributed by atoms with Crippen LogP contribution < -0.4 is 10.1 Å². The summed E-state index contributed by atoms with van der Waals surface area (Å²) in [6.07, 6.45) is 2.81. The van der Waals surface area contributed by atoms with Crippen LogP contribution in [0.5, 0.6) is 5.75 Å². The molecule has 114 valence electrons. The van der Waals surface area contributed by atoms with Gasteiger partial charge in [-0.15, -0.1) is 0 Å². The molecule has 20 heavy (non-hydrogen) atoms. The van der Waals surface area contributed by atoms with E-state index in [0.29, 0.717) is 18.4 Å². The molecule has 0 atom stereocenters. The molecular weight excluding hydrogens is 252 g/mol. The number of nitrogens with one attached hydrogen (secondary N) is 1. The first kappa shape index (κ1) is 16.8. The van der Waals surface area contributed by atoms with Gasteiger partial charge in [-0.1, -0.05) is 27.7 Å². The van der Waals surface area contributed by atoms with E-state index in [2.05, 4.69) is 38.0 Å². The third-order valence-corrected chi connectivity index (χ3v) is 2.96. The fourth-order valence-corrected chi connectivity index (χ4v) is 1.80. The minimum absolute atomic E-state index is 0.402. The third-order valence-electron chi connectivity index (χ3n) is 2.96. The maximum Gasteiger partial charge on any atom is 0.129 e. The molecule has 0 saturated carbocycles. The molecule has 0 aromatic carbocycles. The number of hydrogen-bond acceptors (Lipinski definition) is 4. The molecule has 1 heterocycles. The van der Waals surface area contributed by atoms with Crippen molar-refractivity contribution in [1.82, 2.24) is 4.98 Å². The Morgan fingerprint density at radius 1 is 1.20 bits per heavy atom. The van der Waals surface area contributed by atoms with Crippen LogP contribution in [0.1, 0.15) is 45.6 Å². The lowest BCUT2D eigenvalue weighted by Crippen LogP contribution is -2.10. The summed E-state index contributed by atoms with van der Waals surface area (Å²) >= 11 is 0. The molecular formula is C16H28N2O2. The molecule has 0 radical (unpaired) electrons. The highest BCUT2D eigenvalue weighted by molar-refractivity contribution is 5.46. The Morgan fingerprint density at radius 2 is 1.95 bits per heavy atom. The van der Waals surface area contributed by atoms with Gasteiger partial charge in [0, 0.05) is 44.5 Å². The van der Waals surface area contributed by atoms with Gasteiger partial charge in [-0.25, -0.2) is 4.98 Å². The summed E-state index contributed by atoms with van der Waals surface area (Å²) in [6.45, 7) is 11.0. The van der Waals surface area contributed by atoms with E-state index in [1.807, 2.05) is 12.3 Å². The van der Waals surface area contributed by atoms with Gasteiger partial charge in [0.15, 0.2) is 0 Å². The Labute approximate surface area is 122 Å². The SMILES string of the molecule is COCCCOc1cc(NCC(C)C)ncc1C(C)C. The van der Waals surface area contributed by atoms with Gasteiger partial charge >= 0.3 is 0 Å². The smallest absolute Gasteiger partial charge is 0.129 e. The Balaban J connectivity index is 2.72. The van der Waals surface area contributed by atoms with Crippen molar-refractivity contribution >= 4 is 5.82 Å². The summed E-state index contributed by atoms with van der Waals surface area (Å²) in [5.74, 6) is 2.80. The molecule has 1 rings (SSSR count). The van der Waals surface area contributed by atoms with Gasteiger partial charge in [-0.2, -0.15) is 0 Å². The zero-order valence-corrected chi connectivity index (χ0v) is 13.4. The fourth-order valence-electron chi connectivity index (χ4n) is 1.80. The van der Waals surface area contributed by atoms with Crippen molar-refractivity contribution in [2.75, 3.05) is 32.2 Å². The van der Waals surface area contributed by atoms with Crippen molar-refractivity contribution in [2.24, 2.45) is 5.92 Å². The zero-order valence-electron chi connectivity index (χ0n) is 13.4. The Morgan fingerprint density at radius 3 is 2.55 bits per heavy atom. The second-order valence-corrected chi connectivity index (χ2v) is 5.73. The summed E-state index contributed by atoms with van der Waals surface area (Å²) < 4.78 is 10.9. The minimum Gasteiger partial charge on any atom is -0.493 e. The van der Waals surface area contributed by atoms with Gasteiger partial charge in [0.25, 0.3) is 0 Å². The van der Waals surface area contributed by atoms with E-state index < -0.39 is 0 Å². The monoisotopic (exact) mass is 280 g/mol. The maximum absolute atomic E-state index is 5.89. The second kappa shape index (κ2) is 8.80. The summed E-state index contributed by atoms with van der Waals surface area (Å²) in [5, 5.41) is 3.34. The van der Waals surface area contributed by atoms with Gasteiger partial charge in [-0.05, 0) is 11.8 Å². The Bertz CT molecular complexity index is 392. The minimum atomic E-state index is 0.402. The Kier molecular flexibility index (Phi) is 7.37. The van der Waals surface area contributed by atoms with Gasteiger partial charge in [0.2, 0.25) is 0 Å². The van der Waals surface area contributed by atoms with Crippen molar-refractivity contribution in [2.45, 2.75) is 40.0 Å². The highest BCUT2D eigenvalue weighted by Crippen LogP contribution is 2.28. The predicted molar refractivity (Wildman–Crippen MR) is 83.6 cm³/mol. The summed E-state index contributed by atoms with van der Waals surface area (Å²) in [5.41, 5.74) is 1.15.